The summed E-state index contributed by atoms with van der Waals surface area (Å²) in [5, 5.41) is 9.57. The van der Waals surface area contributed by atoms with Gasteiger partial charge in [-0.1, -0.05) is 42.1 Å². The Bertz CT molecular complexity index is 1200. The molecule has 0 aliphatic carbocycles. The molecule has 0 radical (unpaired) electrons. The molecule has 0 unspecified atom stereocenters. The SMILES string of the molecule is COC(=O)c1cc(CSc2nnc(-c3cccc(OC)c3)n2-c2ccccc2)oc1C. The van der Waals surface area contributed by atoms with Crippen LogP contribution in [0.1, 0.15) is 21.9 Å². The van der Waals surface area contributed by atoms with Gasteiger partial charge in [0.2, 0.25) is 0 Å². The zero-order valence-corrected chi connectivity index (χ0v) is 18.2. The molecule has 0 fully saturated rings. The van der Waals surface area contributed by atoms with Crippen LogP contribution in [0.25, 0.3) is 17.1 Å². The third-order valence-electron chi connectivity index (χ3n) is 4.69. The topological polar surface area (TPSA) is 79.4 Å². The van der Waals surface area contributed by atoms with Gasteiger partial charge in [-0.2, -0.15) is 0 Å². The lowest BCUT2D eigenvalue weighted by atomic mass is 10.2. The molecule has 0 amide bonds. The molecule has 0 saturated carbocycles. The largest absolute Gasteiger partial charge is 0.497 e. The molecule has 0 N–H and O–H groups in total. The Balaban J connectivity index is 1.68. The highest BCUT2D eigenvalue weighted by Crippen LogP contribution is 2.31. The summed E-state index contributed by atoms with van der Waals surface area (Å²) in [5.41, 5.74) is 2.27. The summed E-state index contributed by atoms with van der Waals surface area (Å²) < 4.78 is 17.9. The van der Waals surface area contributed by atoms with E-state index in [0.29, 0.717) is 33.8 Å². The first-order chi connectivity index (χ1) is 15.1. The molecule has 4 rings (SSSR count). The predicted octanol–water partition coefficient (Wildman–Crippen LogP) is 4.92. The number of rotatable bonds is 7. The molecular formula is C23H21N3O4S. The maximum Gasteiger partial charge on any atom is 0.341 e. The zero-order chi connectivity index (χ0) is 21.8. The van der Waals surface area contributed by atoms with E-state index in [2.05, 4.69) is 10.2 Å². The zero-order valence-electron chi connectivity index (χ0n) is 17.4. The lowest BCUT2D eigenvalue weighted by molar-refractivity contribution is 0.0599. The highest BCUT2D eigenvalue weighted by molar-refractivity contribution is 7.98. The van der Waals surface area contributed by atoms with Crippen molar-refractivity contribution >= 4 is 17.7 Å². The molecule has 2 aromatic heterocycles. The van der Waals surface area contributed by atoms with E-state index in [9.17, 15) is 4.79 Å². The Morgan fingerprint density at radius 2 is 1.87 bits per heavy atom. The number of ether oxygens (including phenoxy) is 2. The summed E-state index contributed by atoms with van der Waals surface area (Å²) in [6.45, 7) is 1.74. The number of esters is 1. The van der Waals surface area contributed by atoms with Gasteiger partial charge in [-0.05, 0) is 37.3 Å². The van der Waals surface area contributed by atoms with E-state index in [1.165, 1.54) is 18.9 Å². The van der Waals surface area contributed by atoms with Crippen LogP contribution >= 0.6 is 11.8 Å². The van der Waals surface area contributed by atoms with Crippen molar-refractivity contribution in [2.45, 2.75) is 17.8 Å². The Labute approximate surface area is 184 Å². The van der Waals surface area contributed by atoms with Gasteiger partial charge < -0.3 is 13.9 Å². The second-order valence-corrected chi connectivity index (χ2v) is 7.61. The van der Waals surface area contributed by atoms with Crippen LogP contribution in [0.3, 0.4) is 0 Å². The van der Waals surface area contributed by atoms with E-state index in [4.69, 9.17) is 13.9 Å². The molecule has 8 heteroatoms. The van der Waals surface area contributed by atoms with E-state index in [1.54, 1.807) is 20.1 Å². The Morgan fingerprint density at radius 1 is 1.06 bits per heavy atom. The highest BCUT2D eigenvalue weighted by Gasteiger charge is 2.19. The molecule has 0 aliphatic heterocycles. The maximum absolute atomic E-state index is 11.8. The summed E-state index contributed by atoms with van der Waals surface area (Å²) in [7, 11) is 2.99. The van der Waals surface area contributed by atoms with E-state index in [-0.39, 0.29) is 0 Å². The summed E-state index contributed by atoms with van der Waals surface area (Å²) in [4.78, 5) is 11.8. The molecule has 2 heterocycles. The lowest BCUT2D eigenvalue weighted by Gasteiger charge is -2.10. The third kappa shape index (κ3) is 4.34. The molecule has 31 heavy (non-hydrogen) atoms. The van der Waals surface area contributed by atoms with Gasteiger partial charge in [-0.15, -0.1) is 10.2 Å². The molecule has 0 atom stereocenters. The Hall–Kier alpha value is -3.52. The maximum atomic E-state index is 11.8. The number of para-hydroxylation sites is 1. The van der Waals surface area contributed by atoms with Crippen molar-refractivity contribution in [3.63, 3.8) is 0 Å². The van der Waals surface area contributed by atoms with E-state index < -0.39 is 5.97 Å². The predicted molar refractivity (Wildman–Crippen MR) is 118 cm³/mol. The van der Waals surface area contributed by atoms with Crippen LogP contribution in [0.15, 0.2) is 70.2 Å². The van der Waals surface area contributed by atoms with Crippen LogP contribution in [0, 0.1) is 6.92 Å². The number of hydrogen-bond acceptors (Lipinski definition) is 7. The number of aryl methyl sites for hydroxylation is 1. The molecule has 0 spiro atoms. The molecular weight excluding hydrogens is 414 g/mol. The van der Waals surface area contributed by atoms with Crippen LogP contribution in [0.5, 0.6) is 5.75 Å². The molecule has 2 aromatic carbocycles. The van der Waals surface area contributed by atoms with Crippen molar-refractivity contribution in [1.29, 1.82) is 0 Å². The van der Waals surface area contributed by atoms with Gasteiger partial charge in [0.05, 0.1) is 20.0 Å². The standard InChI is InChI=1S/C23H21N3O4S/c1-15-20(22(27)29-3)13-19(30-15)14-31-23-25-24-21(16-8-7-11-18(12-16)28-2)26(23)17-9-5-4-6-10-17/h4-13H,14H2,1-3H3. The number of thioether (sulfide) groups is 1. The molecule has 0 aliphatic rings. The number of methoxy groups -OCH3 is 2. The molecule has 0 saturated heterocycles. The first-order valence-corrected chi connectivity index (χ1v) is 10.5. The van der Waals surface area contributed by atoms with Crippen LogP contribution < -0.4 is 4.74 Å². The van der Waals surface area contributed by atoms with Crippen molar-refractivity contribution in [2.75, 3.05) is 14.2 Å². The van der Waals surface area contributed by atoms with Gasteiger partial charge >= 0.3 is 5.97 Å². The van der Waals surface area contributed by atoms with E-state index >= 15 is 0 Å². The average molecular weight is 436 g/mol. The number of hydrogen-bond donors (Lipinski definition) is 0. The van der Waals surface area contributed by atoms with Crippen molar-refractivity contribution in [1.82, 2.24) is 14.8 Å². The summed E-state index contributed by atoms with van der Waals surface area (Å²) in [6.07, 6.45) is 0. The van der Waals surface area contributed by atoms with Crippen LogP contribution in [-0.4, -0.2) is 35.0 Å². The second-order valence-electron chi connectivity index (χ2n) is 6.67. The third-order valence-corrected chi connectivity index (χ3v) is 5.64. The van der Waals surface area contributed by atoms with E-state index in [0.717, 1.165) is 17.0 Å². The minimum atomic E-state index is -0.412. The van der Waals surface area contributed by atoms with Gasteiger partial charge in [0.15, 0.2) is 11.0 Å². The number of furan rings is 1. The number of nitrogens with zero attached hydrogens (tertiary/aromatic N) is 3. The fourth-order valence-corrected chi connectivity index (χ4v) is 4.02. The monoisotopic (exact) mass is 435 g/mol. The van der Waals surface area contributed by atoms with Crippen molar-refractivity contribution < 1.29 is 18.7 Å². The molecule has 7 nitrogen and oxygen atoms in total. The summed E-state index contributed by atoms with van der Waals surface area (Å²) in [5.74, 6) is 2.72. The Morgan fingerprint density at radius 3 is 2.61 bits per heavy atom. The quantitative estimate of drug-likeness (QED) is 0.301. The van der Waals surface area contributed by atoms with Crippen LogP contribution in [0.2, 0.25) is 0 Å². The second kappa shape index (κ2) is 9.09. The minimum Gasteiger partial charge on any atom is -0.497 e. The smallest absolute Gasteiger partial charge is 0.341 e. The fourth-order valence-electron chi connectivity index (χ4n) is 3.19. The average Bonchev–Trinajstić information content (AvgIpc) is 3.41. The van der Waals surface area contributed by atoms with Gasteiger partial charge in [-0.3, -0.25) is 4.57 Å². The first-order valence-electron chi connectivity index (χ1n) is 9.56. The summed E-state index contributed by atoms with van der Waals surface area (Å²) >= 11 is 1.47. The van der Waals surface area contributed by atoms with E-state index in [1.807, 2.05) is 59.2 Å². The first kappa shape index (κ1) is 20.7. The van der Waals surface area contributed by atoms with Crippen molar-refractivity contribution in [2.24, 2.45) is 0 Å². The normalized spacial score (nSPS) is 10.8. The number of carbonyl (C=O) groups is 1. The molecule has 158 valence electrons. The number of benzene rings is 2. The lowest BCUT2D eigenvalue weighted by Crippen LogP contribution is -2.00. The van der Waals surface area contributed by atoms with Crippen molar-refractivity contribution in [3.8, 4) is 22.8 Å². The highest BCUT2D eigenvalue weighted by atomic mass is 32.2. The van der Waals surface area contributed by atoms with Crippen molar-refractivity contribution in [3.05, 3.63) is 77.7 Å². The number of carbonyl (C=O) groups excluding carboxylic acids is 1. The molecule has 0 bridgehead atoms. The van der Waals surface area contributed by atoms with Crippen LogP contribution in [0.4, 0.5) is 0 Å². The number of aromatic nitrogens is 3. The van der Waals surface area contributed by atoms with Gasteiger partial charge in [0.25, 0.3) is 0 Å². The van der Waals surface area contributed by atoms with Gasteiger partial charge in [-0.25, -0.2) is 4.79 Å². The fraction of sp³-hybridized carbons (Fsp3) is 0.174. The molecule has 4 aromatic rings. The Kier molecular flexibility index (Phi) is 6.08. The van der Waals surface area contributed by atoms with Gasteiger partial charge in [0, 0.05) is 11.3 Å². The van der Waals surface area contributed by atoms with Crippen LogP contribution in [-0.2, 0) is 10.5 Å². The van der Waals surface area contributed by atoms with Gasteiger partial charge in [0.1, 0.15) is 22.8 Å². The summed E-state index contributed by atoms with van der Waals surface area (Å²) in [6, 6.07) is 19.3. The minimum absolute atomic E-state index is 0.412.